The van der Waals surface area contributed by atoms with Crippen LogP contribution in [0.3, 0.4) is 0 Å². The van der Waals surface area contributed by atoms with Gasteiger partial charge in [0.2, 0.25) is 5.91 Å². The van der Waals surface area contributed by atoms with Gasteiger partial charge < -0.3 is 16.0 Å². The van der Waals surface area contributed by atoms with Crippen LogP contribution in [0.4, 0.5) is 4.79 Å². The van der Waals surface area contributed by atoms with Gasteiger partial charge in [-0.25, -0.2) is 4.79 Å². The number of carbonyl (C=O) groups excluding carboxylic acids is 2. The van der Waals surface area contributed by atoms with Crippen LogP contribution in [0.2, 0.25) is 0 Å². The molecule has 0 radical (unpaired) electrons. The van der Waals surface area contributed by atoms with Crippen molar-refractivity contribution in [3.63, 3.8) is 0 Å². The van der Waals surface area contributed by atoms with E-state index in [0.717, 1.165) is 32.5 Å². The van der Waals surface area contributed by atoms with Crippen LogP contribution in [-0.2, 0) is 11.3 Å². The van der Waals surface area contributed by atoms with Gasteiger partial charge in [-0.05, 0) is 29.5 Å². The number of likely N-dealkylation sites (N-methyl/N-ethyl adjacent to an activating group) is 1. The largest absolute Gasteiger partial charge is 0.358 e. The predicted molar refractivity (Wildman–Crippen MR) is 111 cm³/mol. The Hall–Kier alpha value is -2.86. The van der Waals surface area contributed by atoms with E-state index in [1.54, 1.807) is 7.05 Å². The van der Waals surface area contributed by atoms with Gasteiger partial charge in [-0.1, -0.05) is 54.6 Å². The van der Waals surface area contributed by atoms with E-state index in [2.05, 4.69) is 69.4 Å². The van der Waals surface area contributed by atoms with Crippen molar-refractivity contribution in [3.8, 4) is 11.1 Å². The second-order valence-corrected chi connectivity index (χ2v) is 7.11. The lowest BCUT2D eigenvalue weighted by atomic mass is 10.0. The third-order valence-electron chi connectivity index (χ3n) is 5.08. The van der Waals surface area contributed by atoms with Crippen LogP contribution < -0.4 is 16.0 Å². The topological polar surface area (TPSA) is 73.5 Å². The van der Waals surface area contributed by atoms with Crippen molar-refractivity contribution in [3.05, 3.63) is 60.2 Å². The molecule has 1 aliphatic heterocycles. The van der Waals surface area contributed by atoms with E-state index in [9.17, 15) is 9.59 Å². The lowest BCUT2D eigenvalue weighted by molar-refractivity contribution is -0.119. The Bertz CT molecular complexity index is 769. The second-order valence-electron chi connectivity index (χ2n) is 7.11. The molecule has 3 rings (SSSR count). The molecule has 148 valence electrons. The van der Waals surface area contributed by atoms with Crippen LogP contribution in [0, 0.1) is 0 Å². The standard InChI is InChI=1S/C22H28N4O2/c1-23-21(27)15-24-22(28)25-20-11-13-26(14-12-20)16-17-7-9-19(10-8-17)18-5-3-2-4-6-18/h2-10,20H,11-16H2,1H3,(H,23,27)(H2,24,25,28). The highest BCUT2D eigenvalue weighted by atomic mass is 16.2. The Morgan fingerprint density at radius 2 is 1.61 bits per heavy atom. The first kappa shape index (κ1) is 19.9. The van der Waals surface area contributed by atoms with E-state index < -0.39 is 0 Å². The van der Waals surface area contributed by atoms with Crippen LogP contribution in [0.5, 0.6) is 0 Å². The van der Waals surface area contributed by atoms with Crippen molar-refractivity contribution in [1.29, 1.82) is 0 Å². The molecule has 1 saturated heterocycles. The Morgan fingerprint density at radius 1 is 0.964 bits per heavy atom. The number of nitrogens with one attached hydrogen (secondary N) is 3. The molecule has 0 atom stereocenters. The number of piperidine rings is 1. The summed E-state index contributed by atoms with van der Waals surface area (Å²) in [5.41, 5.74) is 3.76. The third kappa shape index (κ3) is 5.82. The average Bonchev–Trinajstić information content (AvgIpc) is 2.74. The summed E-state index contributed by atoms with van der Waals surface area (Å²) in [6.45, 7) is 2.81. The van der Waals surface area contributed by atoms with Crippen LogP contribution >= 0.6 is 0 Å². The summed E-state index contributed by atoms with van der Waals surface area (Å²) in [5.74, 6) is -0.205. The lowest BCUT2D eigenvalue weighted by Gasteiger charge is -2.32. The summed E-state index contributed by atoms with van der Waals surface area (Å²) in [6.07, 6.45) is 1.82. The van der Waals surface area contributed by atoms with Gasteiger partial charge in [0.25, 0.3) is 0 Å². The number of hydrogen-bond donors (Lipinski definition) is 3. The maximum Gasteiger partial charge on any atom is 0.315 e. The molecule has 0 spiro atoms. The number of benzene rings is 2. The van der Waals surface area contributed by atoms with Gasteiger partial charge >= 0.3 is 6.03 Å². The summed E-state index contributed by atoms with van der Waals surface area (Å²) in [7, 11) is 1.55. The van der Waals surface area contributed by atoms with E-state index in [-0.39, 0.29) is 24.5 Å². The zero-order chi connectivity index (χ0) is 19.8. The lowest BCUT2D eigenvalue weighted by Crippen LogP contribution is -2.49. The fourth-order valence-corrected chi connectivity index (χ4v) is 3.41. The molecular formula is C22H28N4O2. The number of rotatable bonds is 6. The van der Waals surface area contributed by atoms with E-state index >= 15 is 0 Å². The summed E-state index contributed by atoms with van der Waals surface area (Å²) >= 11 is 0. The molecule has 3 N–H and O–H groups in total. The number of nitrogens with zero attached hydrogens (tertiary/aromatic N) is 1. The van der Waals surface area contributed by atoms with Crippen molar-refractivity contribution < 1.29 is 9.59 Å². The Labute approximate surface area is 166 Å². The molecule has 1 fully saturated rings. The number of amides is 3. The molecule has 3 amide bonds. The third-order valence-corrected chi connectivity index (χ3v) is 5.08. The molecule has 0 aromatic heterocycles. The minimum atomic E-state index is -0.279. The van der Waals surface area contributed by atoms with Crippen molar-refractivity contribution in [2.75, 3.05) is 26.7 Å². The highest BCUT2D eigenvalue weighted by Crippen LogP contribution is 2.20. The maximum absolute atomic E-state index is 11.8. The van der Waals surface area contributed by atoms with Crippen molar-refractivity contribution in [1.82, 2.24) is 20.9 Å². The molecular weight excluding hydrogens is 352 g/mol. The van der Waals surface area contributed by atoms with Crippen LogP contribution in [-0.4, -0.2) is 49.6 Å². The minimum Gasteiger partial charge on any atom is -0.358 e. The van der Waals surface area contributed by atoms with Gasteiger partial charge in [0.1, 0.15) is 0 Å². The SMILES string of the molecule is CNC(=O)CNC(=O)NC1CCN(Cc2ccc(-c3ccccc3)cc2)CC1. The molecule has 1 aliphatic rings. The highest BCUT2D eigenvalue weighted by molar-refractivity contribution is 5.83. The van der Waals surface area contributed by atoms with Gasteiger partial charge in [0.05, 0.1) is 6.54 Å². The molecule has 1 heterocycles. The molecule has 28 heavy (non-hydrogen) atoms. The van der Waals surface area contributed by atoms with Gasteiger partial charge in [-0.15, -0.1) is 0 Å². The summed E-state index contributed by atoms with van der Waals surface area (Å²) in [5, 5.41) is 8.00. The number of carbonyl (C=O) groups is 2. The molecule has 6 nitrogen and oxygen atoms in total. The van der Waals surface area contributed by atoms with E-state index in [1.165, 1.54) is 16.7 Å². The number of likely N-dealkylation sites (tertiary alicyclic amines) is 1. The Kier molecular flexibility index (Phi) is 7.03. The van der Waals surface area contributed by atoms with Gasteiger partial charge in [-0.3, -0.25) is 9.69 Å². The van der Waals surface area contributed by atoms with Gasteiger partial charge in [0.15, 0.2) is 0 Å². The molecule has 0 bridgehead atoms. The van der Waals surface area contributed by atoms with Crippen molar-refractivity contribution >= 4 is 11.9 Å². The molecule has 0 saturated carbocycles. The molecule has 2 aromatic rings. The maximum atomic E-state index is 11.8. The highest BCUT2D eigenvalue weighted by Gasteiger charge is 2.20. The number of hydrogen-bond acceptors (Lipinski definition) is 3. The Balaban J connectivity index is 1.42. The van der Waals surface area contributed by atoms with E-state index in [1.807, 2.05) is 6.07 Å². The monoisotopic (exact) mass is 380 g/mol. The fraction of sp³-hybridized carbons (Fsp3) is 0.364. The predicted octanol–water partition coefficient (Wildman–Crippen LogP) is 2.36. The molecule has 0 unspecified atom stereocenters. The van der Waals surface area contributed by atoms with Crippen LogP contribution in [0.15, 0.2) is 54.6 Å². The van der Waals surface area contributed by atoms with Crippen molar-refractivity contribution in [2.24, 2.45) is 0 Å². The van der Waals surface area contributed by atoms with E-state index in [0.29, 0.717) is 0 Å². The molecule has 0 aliphatic carbocycles. The van der Waals surface area contributed by atoms with Crippen molar-refractivity contribution in [2.45, 2.75) is 25.4 Å². The van der Waals surface area contributed by atoms with Gasteiger partial charge in [-0.2, -0.15) is 0 Å². The van der Waals surface area contributed by atoms with E-state index in [4.69, 9.17) is 0 Å². The minimum absolute atomic E-state index is 0.000154. The average molecular weight is 380 g/mol. The first-order chi connectivity index (χ1) is 13.6. The first-order valence-electron chi connectivity index (χ1n) is 9.75. The normalized spacial score (nSPS) is 15.0. The fourth-order valence-electron chi connectivity index (χ4n) is 3.41. The smallest absolute Gasteiger partial charge is 0.315 e. The van der Waals surface area contributed by atoms with Crippen LogP contribution in [0.1, 0.15) is 18.4 Å². The zero-order valence-electron chi connectivity index (χ0n) is 16.3. The van der Waals surface area contributed by atoms with Gasteiger partial charge in [0, 0.05) is 32.7 Å². The number of urea groups is 1. The molecule has 2 aromatic carbocycles. The zero-order valence-corrected chi connectivity index (χ0v) is 16.3. The molecule has 6 heteroatoms. The summed E-state index contributed by atoms with van der Waals surface area (Å²) in [4.78, 5) is 25.4. The first-order valence-corrected chi connectivity index (χ1v) is 9.75. The quantitative estimate of drug-likeness (QED) is 0.720. The Morgan fingerprint density at radius 3 is 2.25 bits per heavy atom. The summed E-state index contributed by atoms with van der Waals surface area (Å²) < 4.78 is 0. The second kappa shape index (κ2) is 9.90. The summed E-state index contributed by atoms with van der Waals surface area (Å²) in [6, 6.07) is 19.0. The van der Waals surface area contributed by atoms with Crippen LogP contribution in [0.25, 0.3) is 11.1 Å².